The van der Waals surface area contributed by atoms with Crippen molar-refractivity contribution < 1.29 is 9.53 Å². The van der Waals surface area contributed by atoms with Crippen molar-refractivity contribution in [2.45, 2.75) is 63.9 Å². The molecular weight excluding hydrogens is 188 g/mol. The molecule has 0 amide bonds. The van der Waals surface area contributed by atoms with E-state index in [1.165, 1.54) is 38.5 Å². The lowest BCUT2D eigenvalue weighted by Gasteiger charge is -2.41. The SMILES string of the molecule is CCOC1(C=O)CCC2(CCCC2)CC1. The van der Waals surface area contributed by atoms with Crippen LogP contribution in [-0.4, -0.2) is 18.5 Å². The molecule has 0 bridgehead atoms. The molecule has 15 heavy (non-hydrogen) atoms. The summed E-state index contributed by atoms with van der Waals surface area (Å²) in [6.07, 6.45) is 10.9. The fourth-order valence-corrected chi connectivity index (χ4v) is 3.41. The Morgan fingerprint density at radius 1 is 1.07 bits per heavy atom. The number of carbonyl (C=O) groups excluding carboxylic acids is 1. The van der Waals surface area contributed by atoms with Crippen molar-refractivity contribution in [1.29, 1.82) is 0 Å². The minimum absolute atomic E-state index is 0.428. The Balaban J connectivity index is 1.97. The van der Waals surface area contributed by atoms with Gasteiger partial charge in [-0.2, -0.15) is 0 Å². The summed E-state index contributed by atoms with van der Waals surface area (Å²) in [4.78, 5) is 11.2. The molecule has 2 rings (SSSR count). The minimum atomic E-state index is -0.428. The first-order valence-corrected chi connectivity index (χ1v) is 6.35. The van der Waals surface area contributed by atoms with Gasteiger partial charge in [-0.15, -0.1) is 0 Å². The molecule has 86 valence electrons. The van der Waals surface area contributed by atoms with Crippen LogP contribution >= 0.6 is 0 Å². The molecule has 0 unspecified atom stereocenters. The third kappa shape index (κ3) is 2.10. The van der Waals surface area contributed by atoms with E-state index in [1.807, 2.05) is 6.92 Å². The topological polar surface area (TPSA) is 26.3 Å². The second-order valence-corrected chi connectivity index (χ2v) is 5.32. The molecule has 2 nitrogen and oxygen atoms in total. The average Bonchev–Trinajstić information content (AvgIpc) is 2.72. The molecule has 1 spiro atoms. The Kier molecular flexibility index (Phi) is 3.15. The van der Waals surface area contributed by atoms with Gasteiger partial charge in [-0.25, -0.2) is 0 Å². The highest BCUT2D eigenvalue weighted by Gasteiger charge is 2.44. The molecule has 0 aromatic carbocycles. The van der Waals surface area contributed by atoms with Gasteiger partial charge in [0.05, 0.1) is 0 Å². The lowest BCUT2D eigenvalue weighted by atomic mass is 9.68. The second kappa shape index (κ2) is 4.25. The summed E-state index contributed by atoms with van der Waals surface area (Å²) in [6.45, 7) is 2.64. The van der Waals surface area contributed by atoms with E-state index in [2.05, 4.69) is 0 Å². The van der Waals surface area contributed by atoms with Crippen molar-refractivity contribution in [2.75, 3.05) is 6.61 Å². The van der Waals surface area contributed by atoms with E-state index in [1.54, 1.807) is 0 Å². The largest absolute Gasteiger partial charge is 0.368 e. The molecular formula is C13H22O2. The zero-order chi connectivity index (χ0) is 10.8. The molecule has 0 radical (unpaired) electrons. The molecule has 2 heteroatoms. The van der Waals surface area contributed by atoms with Crippen molar-refractivity contribution in [3.8, 4) is 0 Å². The van der Waals surface area contributed by atoms with Crippen molar-refractivity contribution in [2.24, 2.45) is 5.41 Å². The third-order valence-corrected chi connectivity index (χ3v) is 4.47. The van der Waals surface area contributed by atoms with Crippen LogP contribution in [0.4, 0.5) is 0 Å². The molecule has 0 saturated heterocycles. The Labute approximate surface area is 92.4 Å². The van der Waals surface area contributed by atoms with Crippen LogP contribution in [0.15, 0.2) is 0 Å². The molecule has 0 aliphatic heterocycles. The summed E-state index contributed by atoms with van der Waals surface area (Å²) in [6, 6.07) is 0. The van der Waals surface area contributed by atoms with E-state index in [-0.39, 0.29) is 0 Å². The second-order valence-electron chi connectivity index (χ2n) is 5.32. The standard InChI is InChI=1S/C13H22O2/c1-2-15-13(11-14)9-7-12(8-10-13)5-3-4-6-12/h11H,2-10H2,1H3. The number of carbonyl (C=O) groups is 1. The quantitative estimate of drug-likeness (QED) is 0.669. The van der Waals surface area contributed by atoms with Crippen molar-refractivity contribution in [3.05, 3.63) is 0 Å². The predicted octanol–water partition coefficient (Wildman–Crippen LogP) is 3.10. The molecule has 2 fully saturated rings. The highest BCUT2D eigenvalue weighted by atomic mass is 16.5. The molecule has 2 aliphatic carbocycles. The van der Waals surface area contributed by atoms with E-state index in [0.29, 0.717) is 12.0 Å². The summed E-state index contributed by atoms with van der Waals surface area (Å²) in [5, 5.41) is 0. The maximum atomic E-state index is 11.2. The molecule has 2 saturated carbocycles. The van der Waals surface area contributed by atoms with Gasteiger partial charge in [-0.1, -0.05) is 12.8 Å². The summed E-state index contributed by atoms with van der Waals surface area (Å²) >= 11 is 0. The van der Waals surface area contributed by atoms with Gasteiger partial charge in [0.25, 0.3) is 0 Å². The number of rotatable bonds is 3. The van der Waals surface area contributed by atoms with Gasteiger partial charge in [0, 0.05) is 6.61 Å². The van der Waals surface area contributed by atoms with E-state index in [0.717, 1.165) is 19.1 Å². The maximum Gasteiger partial charge on any atom is 0.151 e. The van der Waals surface area contributed by atoms with Crippen LogP contribution in [0.1, 0.15) is 58.3 Å². The molecule has 0 aromatic heterocycles. The van der Waals surface area contributed by atoms with Gasteiger partial charge in [-0.05, 0) is 50.9 Å². The maximum absolute atomic E-state index is 11.2. The van der Waals surface area contributed by atoms with E-state index < -0.39 is 5.60 Å². The van der Waals surface area contributed by atoms with Gasteiger partial charge in [0.15, 0.2) is 6.29 Å². The highest BCUT2D eigenvalue weighted by molar-refractivity contribution is 5.62. The van der Waals surface area contributed by atoms with Crippen LogP contribution in [0.2, 0.25) is 0 Å². The smallest absolute Gasteiger partial charge is 0.151 e. The van der Waals surface area contributed by atoms with Crippen LogP contribution < -0.4 is 0 Å². The summed E-state index contributed by atoms with van der Waals surface area (Å²) in [7, 11) is 0. The Bertz CT molecular complexity index is 219. The average molecular weight is 210 g/mol. The van der Waals surface area contributed by atoms with Crippen LogP contribution in [0.5, 0.6) is 0 Å². The Hall–Kier alpha value is -0.370. The van der Waals surface area contributed by atoms with Gasteiger partial charge < -0.3 is 9.53 Å². The summed E-state index contributed by atoms with van der Waals surface area (Å²) in [5.41, 5.74) is 0.159. The number of ether oxygens (including phenoxy) is 1. The summed E-state index contributed by atoms with van der Waals surface area (Å²) in [5.74, 6) is 0. The lowest BCUT2D eigenvalue weighted by Crippen LogP contribution is -2.41. The van der Waals surface area contributed by atoms with Gasteiger partial charge in [-0.3, -0.25) is 0 Å². The van der Waals surface area contributed by atoms with Crippen molar-refractivity contribution in [1.82, 2.24) is 0 Å². The minimum Gasteiger partial charge on any atom is -0.368 e. The fraction of sp³-hybridized carbons (Fsp3) is 0.923. The Morgan fingerprint density at radius 3 is 2.13 bits per heavy atom. The molecule has 0 N–H and O–H groups in total. The van der Waals surface area contributed by atoms with E-state index in [4.69, 9.17) is 4.74 Å². The third-order valence-electron chi connectivity index (χ3n) is 4.47. The zero-order valence-corrected chi connectivity index (χ0v) is 9.76. The van der Waals surface area contributed by atoms with Gasteiger partial charge in [0.2, 0.25) is 0 Å². The molecule has 0 atom stereocenters. The first-order valence-electron chi connectivity index (χ1n) is 6.35. The van der Waals surface area contributed by atoms with E-state index in [9.17, 15) is 4.79 Å². The predicted molar refractivity (Wildman–Crippen MR) is 59.8 cm³/mol. The lowest BCUT2D eigenvalue weighted by molar-refractivity contribution is -0.139. The van der Waals surface area contributed by atoms with Crippen LogP contribution in [0.3, 0.4) is 0 Å². The van der Waals surface area contributed by atoms with Gasteiger partial charge >= 0.3 is 0 Å². The van der Waals surface area contributed by atoms with Crippen molar-refractivity contribution >= 4 is 6.29 Å². The highest BCUT2D eigenvalue weighted by Crippen LogP contribution is 2.51. The number of hydrogen-bond acceptors (Lipinski definition) is 2. The van der Waals surface area contributed by atoms with Crippen LogP contribution in [0, 0.1) is 5.41 Å². The zero-order valence-electron chi connectivity index (χ0n) is 9.76. The first kappa shape index (κ1) is 11.1. The van der Waals surface area contributed by atoms with Crippen molar-refractivity contribution in [3.63, 3.8) is 0 Å². The molecule has 0 aromatic rings. The first-order chi connectivity index (χ1) is 7.24. The number of hydrogen-bond donors (Lipinski definition) is 0. The van der Waals surface area contributed by atoms with Gasteiger partial charge in [0.1, 0.15) is 5.60 Å². The normalized spacial score (nSPS) is 28.1. The molecule has 0 heterocycles. The molecule has 2 aliphatic rings. The van der Waals surface area contributed by atoms with E-state index >= 15 is 0 Å². The number of aldehydes is 1. The fourth-order valence-electron chi connectivity index (χ4n) is 3.41. The van der Waals surface area contributed by atoms with Crippen LogP contribution in [-0.2, 0) is 9.53 Å². The Morgan fingerprint density at radius 2 is 1.67 bits per heavy atom. The summed E-state index contributed by atoms with van der Waals surface area (Å²) < 4.78 is 5.65. The van der Waals surface area contributed by atoms with Crippen LogP contribution in [0.25, 0.3) is 0 Å². The monoisotopic (exact) mass is 210 g/mol.